The summed E-state index contributed by atoms with van der Waals surface area (Å²) < 4.78 is 16.5. The SMILES string of the molecule is C=C1CC2COC(=O)C2(Cc2cccc(OCc3ccc(OC)cc3)c2)C1. The van der Waals surface area contributed by atoms with E-state index >= 15 is 0 Å². The summed E-state index contributed by atoms with van der Waals surface area (Å²) in [5, 5.41) is 0. The third kappa shape index (κ3) is 3.44. The minimum atomic E-state index is -0.439. The third-order valence-corrected chi connectivity index (χ3v) is 5.69. The van der Waals surface area contributed by atoms with Crippen molar-refractivity contribution < 1.29 is 19.0 Å². The molecule has 1 saturated heterocycles. The molecule has 2 aliphatic rings. The van der Waals surface area contributed by atoms with Gasteiger partial charge in [0, 0.05) is 5.92 Å². The number of methoxy groups -OCH3 is 1. The third-order valence-electron chi connectivity index (χ3n) is 5.69. The van der Waals surface area contributed by atoms with E-state index < -0.39 is 5.41 Å². The maximum absolute atomic E-state index is 12.5. The van der Waals surface area contributed by atoms with Crippen molar-refractivity contribution in [3.8, 4) is 11.5 Å². The molecule has 0 spiro atoms. The molecule has 4 nitrogen and oxygen atoms in total. The number of benzene rings is 2. The van der Waals surface area contributed by atoms with Crippen LogP contribution >= 0.6 is 0 Å². The van der Waals surface area contributed by atoms with Crippen molar-refractivity contribution in [1.29, 1.82) is 0 Å². The molecule has 2 fully saturated rings. The Kier molecular flexibility index (Phi) is 4.65. The molecule has 0 amide bonds. The van der Waals surface area contributed by atoms with E-state index in [1.807, 2.05) is 42.5 Å². The summed E-state index contributed by atoms with van der Waals surface area (Å²) in [5.41, 5.74) is 2.89. The van der Waals surface area contributed by atoms with Crippen LogP contribution in [-0.4, -0.2) is 19.7 Å². The summed E-state index contributed by atoms with van der Waals surface area (Å²) in [7, 11) is 1.65. The number of carbonyl (C=O) groups excluding carboxylic acids is 1. The lowest BCUT2D eigenvalue weighted by Crippen LogP contribution is -2.31. The van der Waals surface area contributed by atoms with Gasteiger partial charge in [-0.3, -0.25) is 4.79 Å². The van der Waals surface area contributed by atoms with Gasteiger partial charge in [-0.25, -0.2) is 0 Å². The van der Waals surface area contributed by atoms with Gasteiger partial charge in [0.05, 0.1) is 19.1 Å². The van der Waals surface area contributed by atoms with E-state index in [0.717, 1.165) is 41.0 Å². The molecular weight excluding hydrogens is 340 g/mol. The average Bonchev–Trinajstić information content (AvgIpc) is 3.15. The normalized spacial score (nSPS) is 23.8. The molecule has 140 valence electrons. The van der Waals surface area contributed by atoms with Crippen LogP contribution < -0.4 is 9.47 Å². The second-order valence-corrected chi connectivity index (χ2v) is 7.54. The molecule has 27 heavy (non-hydrogen) atoms. The van der Waals surface area contributed by atoms with Crippen LogP contribution in [-0.2, 0) is 22.6 Å². The van der Waals surface area contributed by atoms with Crippen LogP contribution in [0.5, 0.6) is 11.5 Å². The van der Waals surface area contributed by atoms with Crippen molar-refractivity contribution in [2.24, 2.45) is 11.3 Å². The van der Waals surface area contributed by atoms with Crippen LogP contribution in [0.2, 0.25) is 0 Å². The van der Waals surface area contributed by atoms with Gasteiger partial charge in [-0.15, -0.1) is 0 Å². The second-order valence-electron chi connectivity index (χ2n) is 7.54. The fourth-order valence-corrected chi connectivity index (χ4v) is 4.26. The molecule has 0 aromatic heterocycles. The fourth-order valence-electron chi connectivity index (χ4n) is 4.26. The van der Waals surface area contributed by atoms with Crippen LogP contribution in [0.25, 0.3) is 0 Å². The Hall–Kier alpha value is -2.75. The lowest BCUT2D eigenvalue weighted by atomic mass is 9.75. The number of allylic oxidation sites excluding steroid dienone is 1. The first-order valence-electron chi connectivity index (χ1n) is 9.27. The Morgan fingerprint density at radius 2 is 1.96 bits per heavy atom. The predicted octanol–water partition coefficient (Wildman–Crippen LogP) is 4.33. The topological polar surface area (TPSA) is 44.8 Å². The van der Waals surface area contributed by atoms with Crippen LogP contribution in [0, 0.1) is 11.3 Å². The lowest BCUT2D eigenvalue weighted by molar-refractivity contribution is -0.146. The zero-order valence-electron chi connectivity index (χ0n) is 15.6. The van der Waals surface area contributed by atoms with Gasteiger partial charge in [0.25, 0.3) is 0 Å². The average molecular weight is 364 g/mol. The van der Waals surface area contributed by atoms with Crippen molar-refractivity contribution in [3.05, 3.63) is 71.8 Å². The van der Waals surface area contributed by atoms with Crippen molar-refractivity contribution in [2.75, 3.05) is 13.7 Å². The maximum Gasteiger partial charge on any atom is 0.313 e. The molecule has 0 bridgehead atoms. The van der Waals surface area contributed by atoms with Crippen LogP contribution in [0.3, 0.4) is 0 Å². The second kappa shape index (κ2) is 7.10. The van der Waals surface area contributed by atoms with Gasteiger partial charge in [-0.1, -0.05) is 36.4 Å². The molecular formula is C23H24O4. The Morgan fingerprint density at radius 1 is 1.15 bits per heavy atom. The van der Waals surface area contributed by atoms with E-state index in [9.17, 15) is 4.79 Å². The standard InChI is InChI=1S/C23H24O4/c1-16-10-19-15-27-22(24)23(19,12-16)13-18-4-3-5-21(11-18)26-14-17-6-8-20(25-2)9-7-17/h3-9,11,19H,1,10,12-15H2,2H3. The largest absolute Gasteiger partial charge is 0.497 e. The summed E-state index contributed by atoms with van der Waals surface area (Å²) >= 11 is 0. The van der Waals surface area contributed by atoms with Crippen molar-refractivity contribution in [3.63, 3.8) is 0 Å². The Labute approximate surface area is 159 Å². The van der Waals surface area contributed by atoms with Gasteiger partial charge < -0.3 is 14.2 Å². The zero-order valence-corrected chi connectivity index (χ0v) is 15.6. The minimum Gasteiger partial charge on any atom is -0.497 e. The van der Waals surface area contributed by atoms with Crippen LogP contribution in [0.4, 0.5) is 0 Å². The number of fused-ring (bicyclic) bond motifs is 1. The Bertz CT molecular complexity index is 855. The molecule has 0 radical (unpaired) electrons. The lowest BCUT2D eigenvalue weighted by Gasteiger charge is -2.24. The zero-order chi connectivity index (χ0) is 18.9. The number of hydrogen-bond donors (Lipinski definition) is 0. The van der Waals surface area contributed by atoms with Gasteiger partial charge >= 0.3 is 5.97 Å². The maximum atomic E-state index is 12.5. The highest BCUT2D eigenvalue weighted by molar-refractivity contribution is 5.81. The summed E-state index contributed by atoms with van der Waals surface area (Å²) in [5.74, 6) is 1.81. The van der Waals surface area contributed by atoms with E-state index in [1.54, 1.807) is 7.11 Å². The molecule has 2 atom stereocenters. The first-order chi connectivity index (χ1) is 13.1. The molecule has 2 unspecified atom stereocenters. The number of rotatable bonds is 6. The Balaban J connectivity index is 1.46. The predicted molar refractivity (Wildman–Crippen MR) is 103 cm³/mol. The molecule has 4 heteroatoms. The summed E-state index contributed by atoms with van der Waals surface area (Å²) in [6.45, 7) is 5.11. The monoisotopic (exact) mass is 364 g/mol. The minimum absolute atomic E-state index is 0.0734. The molecule has 1 aliphatic carbocycles. The van der Waals surface area contributed by atoms with Crippen molar-refractivity contribution >= 4 is 5.97 Å². The van der Waals surface area contributed by atoms with E-state index in [0.29, 0.717) is 19.6 Å². The van der Waals surface area contributed by atoms with Gasteiger partial charge in [0.2, 0.25) is 0 Å². The number of cyclic esters (lactones) is 1. The van der Waals surface area contributed by atoms with Gasteiger partial charge in [-0.2, -0.15) is 0 Å². The highest BCUT2D eigenvalue weighted by Crippen LogP contribution is 2.52. The van der Waals surface area contributed by atoms with Gasteiger partial charge in [0.15, 0.2) is 0 Å². The summed E-state index contributed by atoms with van der Waals surface area (Å²) in [4.78, 5) is 12.5. The van der Waals surface area contributed by atoms with Crippen molar-refractivity contribution in [1.82, 2.24) is 0 Å². The van der Waals surface area contributed by atoms with Crippen molar-refractivity contribution in [2.45, 2.75) is 25.9 Å². The first kappa shape index (κ1) is 17.7. The Morgan fingerprint density at radius 3 is 2.74 bits per heavy atom. The van der Waals surface area contributed by atoms with E-state index in [4.69, 9.17) is 14.2 Å². The summed E-state index contributed by atoms with van der Waals surface area (Å²) in [6.07, 6.45) is 2.29. The van der Waals surface area contributed by atoms with Gasteiger partial charge in [0.1, 0.15) is 18.1 Å². The first-order valence-corrected chi connectivity index (χ1v) is 9.27. The van der Waals surface area contributed by atoms with E-state index in [1.165, 1.54) is 0 Å². The molecule has 1 aliphatic heterocycles. The molecule has 2 aromatic carbocycles. The van der Waals surface area contributed by atoms with Crippen LogP contribution in [0.15, 0.2) is 60.7 Å². The van der Waals surface area contributed by atoms with Crippen LogP contribution in [0.1, 0.15) is 24.0 Å². The molecule has 2 aromatic rings. The summed E-state index contributed by atoms with van der Waals surface area (Å²) in [6, 6.07) is 15.8. The van der Waals surface area contributed by atoms with E-state index in [2.05, 4.69) is 12.6 Å². The molecule has 4 rings (SSSR count). The number of ether oxygens (including phenoxy) is 3. The highest BCUT2D eigenvalue weighted by atomic mass is 16.5. The number of esters is 1. The number of hydrogen-bond acceptors (Lipinski definition) is 4. The molecule has 1 saturated carbocycles. The highest BCUT2D eigenvalue weighted by Gasteiger charge is 2.55. The smallest absolute Gasteiger partial charge is 0.313 e. The quantitative estimate of drug-likeness (QED) is 0.565. The van der Waals surface area contributed by atoms with Gasteiger partial charge in [-0.05, 0) is 54.7 Å². The molecule has 0 N–H and O–H groups in total. The fraction of sp³-hybridized carbons (Fsp3) is 0.348. The number of carbonyl (C=O) groups is 1. The molecule has 1 heterocycles. The van der Waals surface area contributed by atoms with E-state index in [-0.39, 0.29) is 11.9 Å².